The first-order valence-corrected chi connectivity index (χ1v) is 16.2. The summed E-state index contributed by atoms with van der Waals surface area (Å²) >= 11 is 0. The van der Waals surface area contributed by atoms with E-state index in [0.29, 0.717) is 24.5 Å². The zero-order valence-electron chi connectivity index (χ0n) is 28.2. The third-order valence-electron chi connectivity index (χ3n) is 7.68. The number of hydrogen-bond acceptors (Lipinski definition) is 7. The van der Waals surface area contributed by atoms with Gasteiger partial charge in [0.15, 0.2) is 0 Å². The van der Waals surface area contributed by atoms with Crippen LogP contribution in [-0.2, 0) is 11.3 Å². The minimum atomic E-state index is -0.546. The largest absolute Gasteiger partial charge is 0.491 e. The summed E-state index contributed by atoms with van der Waals surface area (Å²) < 4.78 is 11.3. The third-order valence-corrected chi connectivity index (χ3v) is 7.68. The Bertz CT molecular complexity index is 1680. The summed E-state index contributed by atoms with van der Waals surface area (Å²) in [6.45, 7) is 13.8. The molecule has 0 aliphatic carbocycles. The molecule has 9 heteroatoms. The number of likely N-dealkylation sites (tertiary alicyclic amines) is 1. The van der Waals surface area contributed by atoms with Crippen LogP contribution in [0.5, 0.6) is 5.75 Å². The predicted octanol–water partition coefficient (Wildman–Crippen LogP) is 7.65. The molecule has 0 bridgehead atoms. The van der Waals surface area contributed by atoms with E-state index in [1.807, 2.05) is 102 Å². The maximum atomic E-state index is 13.5. The molecule has 5 rings (SSSR count). The highest BCUT2D eigenvalue weighted by molar-refractivity contribution is 6.03. The molecule has 246 valence electrons. The number of amides is 2. The van der Waals surface area contributed by atoms with E-state index in [1.54, 1.807) is 12.3 Å². The van der Waals surface area contributed by atoms with Crippen LogP contribution in [0, 0.1) is 6.92 Å². The molecular formula is C38H45N5O4. The molecule has 2 aromatic heterocycles. The van der Waals surface area contributed by atoms with Gasteiger partial charge in [-0.15, -0.1) is 0 Å². The van der Waals surface area contributed by atoms with Crippen LogP contribution in [0.1, 0.15) is 69.2 Å². The van der Waals surface area contributed by atoms with E-state index in [1.165, 1.54) is 0 Å². The highest BCUT2D eigenvalue weighted by Gasteiger charge is 2.24. The first-order valence-electron chi connectivity index (χ1n) is 16.2. The fourth-order valence-corrected chi connectivity index (χ4v) is 5.64. The van der Waals surface area contributed by atoms with Crippen molar-refractivity contribution in [3.63, 3.8) is 0 Å². The lowest BCUT2D eigenvalue weighted by molar-refractivity contribution is 0.0470. The summed E-state index contributed by atoms with van der Waals surface area (Å²) in [5.74, 6) is 0.506. The number of ether oxygens (including phenoxy) is 2. The summed E-state index contributed by atoms with van der Waals surface area (Å²) in [4.78, 5) is 37.2. The Morgan fingerprint density at radius 1 is 0.936 bits per heavy atom. The van der Waals surface area contributed by atoms with E-state index >= 15 is 0 Å². The summed E-state index contributed by atoms with van der Waals surface area (Å²) in [5.41, 5.74) is 6.19. The Morgan fingerprint density at radius 2 is 1.70 bits per heavy atom. The Labute approximate surface area is 277 Å². The lowest BCUT2D eigenvalue weighted by Crippen LogP contribution is -2.48. The molecular weight excluding hydrogens is 590 g/mol. The number of pyridine rings is 2. The summed E-state index contributed by atoms with van der Waals surface area (Å²) in [7, 11) is 0. The van der Waals surface area contributed by atoms with E-state index in [4.69, 9.17) is 9.47 Å². The second-order valence-electron chi connectivity index (χ2n) is 13.4. The first-order chi connectivity index (χ1) is 22.4. The maximum Gasteiger partial charge on any atom is 0.407 e. The van der Waals surface area contributed by atoms with Gasteiger partial charge in [0.1, 0.15) is 17.0 Å². The topological polar surface area (TPSA) is 106 Å². The molecule has 9 nitrogen and oxygen atoms in total. The Hall–Kier alpha value is -4.76. The lowest BCUT2D eigenvalue weighted by Gasteiger charge is -2.33. The number of aromatic nitrogens is 2. The van der Waals surface area contributed by atoms with Gasteiger partial charge in [-0.3, -0.25) is 19.7 Å². The van der Waals surface area contributed by atoms with Crippen LogP contribution in [0.2, 0.25) is 0 Å². The van der Waals surface area contributed by atoms with Crippen LogP contribution in [0.4, 0.5) is 10.5 Å². The minimum Gasteiger partial charge on any atom is -0.491 e. The van der Waals surface area contributed by atoms with Crippen LogP contribution in [0.15, 0.2) is 79.1 Å². The molecule has 0 radical (unpaired) electrons. The SMILES string of the molecule is Cc1ccc(-c2cc(CN3CCC[C@H](NC(=O)OC(C)(C)C)C3)cc(NC(=O)c3cc(-c4ccc(OC(C)C)cc4)ccn3)c2)cn1. The van der Waals surface area contributed by atoms with Gasteiger partial charge >= 0.3 is 6.09 Å². The quantitative estimate of drug-likeness (QED) is 0.195. The van der Waals surface area contributed by atoms with E-state index < -0.39 is 11.7 Å². The molecule has 2 amide bonds. The van der Waals surface area contributed by atoms with Crippen molar-refractivity contribution in [1.82, 2.24) is 20.2 Å². The van der Waals surface area contributed by atoms with Crippen LogP contribution >= 0.6 is 0 Å². The van der Waals surface area contributed by atoms with Crippen LogP contribution in [0.3, 0.4) is 0 Å². The van der Waals surface area contributed by atoms with Crippen molar-refractivity contribution in [2.24, 2.45) is 0 Å². The van der Waals surface area contributed by atoms with Crippen molar-refractivity contribution >= 4 is 17.7 Å². The lowest BCUT2D eigenvalue weighted by atomic mass is 10.0. The number of anilines is 1. The van der Waals surface area contributed by atoms with Crippen molar-refractivity contribution in [2.45, 2.75) is 78.7 Å². The Kier molecular flexibility index (Phi) is 10.6. The van der Waals surface area contributed by atoms with Crippen LogP contribution < -0.4 is 15.4 Å². The molecule has 0 unspecified atom stereocenters. The second-order valence-corrected chi connectivity index (χ2v) is 13.4. The summed E-state index contributed by atoms with van der Waals surface area (Å²) in [6, 6.07) is 21.6. The number of hydrogen-bond donors (Lipinski definition) is 2. The van der Waals surface area contributed by atoms with Crippen molar-refractivity contribution < 1.29 is 19.1 Å². The number of carbonyl (C=O) groups excluding carboxylic acids is 2. The van der Waals surface area contributed by atoms with Gasteiger partial charge in [-0.1, -0.05) is 18.2 Å². The van der Waals surface area contributed by atoms with Gasteiger partial charge in [-0.2, -0.15) is 0 Å². The normalized spacial score (nSPS) is 15.3. The number of rotatable bonds is 9. The van der Waals surface area contributed by atoms with E-state index in [9.17, 15) is 9.59 Å². The number of aryl methyl sites for hydroxylation is 1. The average molecular weight is 636 g/mol. The van der Waals surface area contributed by atoms with Gasteiger partial charge in [0.2, 0.25) is 0 Å². The number of piperidine rings is 1. The number of alkyl carbamates (subject to hydrolysis) is 1. The van der Waals surface area contributed by atoms with Gasteiger partial charge in [0.05, 0.1) is 6.10 Å². The summed E-state index contributed by atoms with van der Waals surface area (Å²) in [5, 5.41) is 6.12. The molecule has 0 saturated carbocycles. The van der Waals surface area contributed by atoms with Crippen LogP contribution in [0.25, 0.3) is 22.3 Å². The molecule has 2 N–H and O–H groups in total. The third kappa shape index (κ3) is 9.86. The fourth-order valence-electron chi connectivity index (χ4n) is 5.64. The molecule has 1 atom stereocenters. The molecule has 1 aliphatic rings. The van der Waals surface area contributed by atoms with Gasteiger partial charge in [-0.05, 0) is 132 Å². The minimum absolute atomic E-state index is 0.000426. The van der Waals surface area contributed by atoms with E-state index in [-0.39, 0.29) is 18.1 Å². The highest BCUT2D eigenvalue weighted by atomic mass is 16.6. The molecule has 0 spiro atoms. The average Bonchev–Trinajstić information content (AvgIpc) is 3.00. The number of carbonyl (C=O) groups is 2. The maximum absolute atomic E-state index is 13.5. The van der Waals surface area contributed by atoms with E-state index in [0.717, 1.165) is 58.6 Å². The van der Waals surface area contributed by atoms with E-state index in [2.05, 4.69) is 31.6 Å². The van der Waals surface area contributed by atoms with Crippen molar-refractivity contribution in [1.29, 1.82) is 0 Å². The number of benzene rings is 2. The molecule has 1 aliphatic heterocycles. The Morgan fingerprint density at radius 3 is 2.40 bits per heavy atom. The van der Waals surface area contributed by atoms with Crippen LogP contribution in [-0.4, -0.2) is 57.7 Å². The van der Waals surface area contributed by atoms with Gasteiger partial charge < -0.3 is 20.1 Å². The van der Waals surface area contributed by atoms with Crippen molar-refractivity contribution in [3.05, 3.63) is 96.1 Å². The predicted molar refractivity (Wildman–Crippen MR) is 185 cm³/mol. The second kappa shape index (κ2) is 14.8. The molecule has 1 saturated heterocycles. The fraction of sp³-hybridized carbons (Fsp3) is 0.368. The van der Waals surface area contributed by atoms with Gasteiger partial charge in [0, 0.05) is 48.5 Å². The monoisotopic (exact) mass is 635 g/mol. The van der Waals surface area contributed by atoms with Gasteiger partial charge in [-0.25, -0.2) is 4.79 Å². The Balaban J connectivity index is 1.34. The number of nitrogens with one attached hydrogen (secondary N) is 2. The molecule has 4 aromatic rings. The standard InChI is InChI=1S/C38H45N5O4/c1-25(2)46-34-13-11-28(12-14-34)29-15-16-39-35(21-29)36(44)41-33-19-27(18-31(20-33)30-10-9-26(3)40-22-30)23-43-17-7-8-32(24-43)42-37(45)47-38(4,5)6/h9-16,18-22,25,32H,7-8,17,23-24H2,1-6H3,(H,41,44)(H,42,45)/t32-/m0/s1. The highest BCUT2D eigenvalue weighted by Crippen LogP contribution is 2.28. The number of nitrogens with zero attached hydrogens (tertiary/aromatic N) is 3. The van der Waals surface area contributed by atoms with Crippen molar-refractivity contribution in [2.75, 3.05) is 18.4 Å². The van der Waals surface area contributed by atoms with Crippen molar-refractivity contribution in [3.8, 4) is 28.0 Å². The van der Waals surface area contributed by atoms with Gasteiger partial charge in [0.25, 0.3) is 5.91 Å². The molecule has 47 heavy (non-hydrogen) atoms. The first kappa shape index (κ1) is 33.6. The molecule has 3 heterocycles. The summed E-state index contributed by atoms with van der Waals surface area (Å²) in [6.07, 6.45) is 5.06. The smallest absolute Gasteiger partial charge is 0.407 e. The molecule has 2 aromatic carbocycles. The molecule has 1 fully saturated rings. The zero-order chi connectivity index (χ0) is 33.6. The zero-order valence-corrected chi connectivity index (χ0v) is 28.2.